The molecule has 9 nitrogen and oxygen atoms in total. The first-order valence-corrected chi connectivity index (χ1v) is 8.08. The molecule has 0 bridgehead atoms. The fraction of sp³-hybridized carbons (Fsp3) is 0. The van der Waals surface area contributed by atoms with Crippen LogP contribution in [0.2, 0.25) is 0 Å². The Morgan fingerprint density at radius 2 is 0.905 bits per heavy atom. The summed E-state index contributed by atoms with van der Waals surface area (Å²) in [5, 5.41) is 0. The molecule has 0 aromatic heterocycles. The Balaban J connectivity index is -0.00000108. The molecule has 21 heavy (non-hydrogen) atoms. The van der Waals surface area contributed by atoms with Crippen LogP contribution in [0.4, 0.5) is 0 Å². The van der Waals surface area contributed by atoms with Gasteiger partial charge in [-0.3, -0.25) is 0 Å². The third kappa shape index (κ3) is 8.87. The van der Waals surface area contributed by atoms with Crippen LogP contribution in [0.5, 0.6) is 0 Å². The molecule has 1 rings (SSSR count). The van der Waals surface area contributed by atoms with Gasteiger partial charge in [0.15, 0.2) is 0 Å². The van der Waals surface area contributed by atoms with Crippen molar-refractivity contribution in [2.75, 3.05) is 0 Å². The van der Waals surface area contributed by atoms with Crippen molar-refractivity contribution >= 4 is 30.4 Å². The van der Waals surface area contributed by atoms with Crippen molar-refractivity contribution in [1.29, 1.82) is 0 Å². The van der Waals surface area contributed by atoms with Gasteiger partial charge in [0.2, 0.25) is 0 Å². The molecule has 0 aliphatic rings. The summed E-state index contributed by atoms with van der Waals surface area (Å²) in [4.78, 5) is -5.00. The van der Waals surface area contributed by atoms with E-state index in [0.29, 0.717) is 18.2 Å². The number of benzene rings is 1. The van der Waals surface area contributed by atoms with E-state index in [1.165, 1.54) is 0 Å². The van der Waals surface area contributed by atoms with Gasteiger partial charge in [-0.25, -0.2) is 25.3 Å². The van der Waals surface area contributed by atoms with Gasteiger partial charge in [0, 0.05) is 0 Å². The van der Waals surface area contributed by atoms with Gasteiger partial charge in [0.1, 0.15) is 30.4 Å². The predicted molar refractivity (Wildman–Crippen MR) is 50.3 cm³/mol. The minimum absolute atomic E-state index is 0. The molecule has 102 valence electrons. The smallest absolute Gasteiger partial charge is 0.744 e. The second-order valence-corrected chi connectivity index (χ2v) is 6.96. The van der Waals surface area contributed by atoms with E-state index in [0.717, 1.165) is 0 Å². The fourth-order valence-corrected chi connectivity index (χ4v) is 4.22. The van der Waals surface area contributed by atoms with E-state index in [-0.39, 0.29) is 154 Å². The SMILES string of the molecule is O=S(=O)([O-])c1cccc(S(=O)(=O)[O-])c1S(=O)(=O)[O-].[K+].[K+].[K+]. The van der Waals surface area contributed by atoms with E-state index in [1.54, 1.807) is 0 Å². The molecule has 0 atom stereocenters. The first kappa shape index (κ1) is 29.6. The van der Waals surface area contributed by atoms with E-state index in [4.69, 9.17) is 0 Å². The van der Waals surface area contributed by atoms with Gasteiger partial charge >= 0.3 is 154 Å². The van der Waals surface area contributed by atoms with Gasteiger partial charge in [-0.2, -0.15) is 0 Å². The van der Waals surface area contributed by atoms with Crippen LogP contribution in [0.1, 0.15) is 0 Å². The van der Waals surface area contributed by atoms with Crippen LogP contribution in [0.15, 0.2) is 32.9 Å². The quantitative estimate of drug-likeness (QED) is 0.332. The maximum atomic E-state index is 10.8. The Hall–Kier alpha value is 3.86. The summed E-state index contributed by atoms with van der Waals surface area (Å²) in [6.07, 6.45) is 0. The second-order valence-electron chi connectivity index (χ2n) is 2.95. The third-order valence-corrected chi connectivity index (χ3v) is 4.69. The topological polar surface area (TPSA) is 172 Å². The van der Waals surface area contributed by atoms with Gasteiger partial charge in [0.05, 0.1) is 14.7 Å². The van der Waals surface area contributed by atoms with E-state index in [9.17, 15) is 38.9 Å². The van der Waals surface area contributed by atoms with Gasteiger partial charge in [-0.15, -0.1) is 0 Å². The maximum absolute atomic E-state index is 10.8. The molecule has 0 saturated heterocycles. The molecule has 0 fully saturated rings. The van der Waals surface area contributed by atoms with Crippen molar-refractivity contribution in [3.05, 3.63) is 18.2 Å². The Kier molecular flexibility index (Phi) is 15.3. The van der Waals surface area contributed by atoms with Gasteiger partial charge in [-0.1, -0.05) is 6.07 Å². The molecule has 0 aliphatic heterocycles. The fourth-order valence-electron chi connectivity index (χ4n) is 1.14. The molecule has 0 N–H and O–H groups in total. The number of hydrogen-bond donors (Lipinski definition) is 0. The van der Waals surface area contributed by atoms with Crippen molar-refractivity contribution < 1.29 is 193 Å². The van der Waals surface area contributed by atoms with Gasteiger partial charge in [0.25, 0.3) is 0 Å². The molecule has 0 spiro atoms. The van der Waals surface area contributed by atoms with Crippen LogP contribution in [0.25, 0.3) is 0 Å². The molecule has 0 unspecified atom stereocenters. The standard InChI is InChI=1S/C6H6O9S3.3K/c7-16(8,9)4-2-1-3-5(17(10,11)12)6(4)18(13,14)15;;;/h1-3H,(H,7,8,9)(H,10,11,12)(H,13,14,15);;;/q;3*+1/p-3. The molecule has 15 heteroatoms. The van der Waals surface area contributed by atoms with Crippen molar-refractivity contribution in [2.45, 2.75) is 14.7 Å². The van der Waals surface area contributed by atoms with Crippen LogP contribution in [0.3, 0.4) is 0 Å². The Bertz CT molecular complexity index is 747. The van der Waals surface area contributed by atoms with Crippen LogP contribution in [0, 0.1) is 0 Å². The summed E-state index contributed by atoms with van der Waals surface area (Å²) in [5.74, 6) is 0. The molecule has 0 amide bonds. The minimum Gasteiger partial charge on any atom is -0.744 e. The first-order chi connectivity index (χ1) is 7.85. The zero-order chi connectivity index (χ0) is 14.4. The second kappa shape index (κ2) is 10.9. The van der Waals surface area contributed by atoms with Gasteiger partial charge in [-0.05, 0) is 12.1 Å². The molecule has 0 saturated carbocycles. The molecular formula is C6H3K3O9S3. The van der Waals surface area contributed by atoms with Gasteiger partial charge < -0.3 is 13.7 Å². The number of rotatable bonds is 3. The van der Waals surface area contributed by atoms with Crippen LogP contribution < -0.4 is 154 Å². The summed E-state index contributed by atoms with van der Waals surface area (Å²) in [6.45, 7) is 0. The Morgan fingerprint density at radius 1 is 0.619 bits per heavy atom. The maximum Gasteiger partial charge on any atom is 1.00 e. The summed E-state index contributed by atoms with van der Waals surface area (Å²) >= 11 is 0. The number of hydrogen-bond acceptors (Lipinski definition) is 9. The van der Waals surface area contributed by atoms with E-state index < -0.39 is 45.0 Å². The zero-order valence-corrected chi connectivity index (χ0v) is 22.9. The predicted octanol–water partition coefficient (Wildman–Crippen LogP) is -10.6. The van der Waals surface area contributed by atoms with Crippen molar-refractivity contribution in [3.63, 3.8) is 0 Å². The summed E-state index contributed by atoms with van der Waals surface area (Å²) in [5.41, 5.74) is 0. The first-order valence-electron chi connectivity index (χ1n) is 3.86. The van der Waals surface area contributed by atoms with E-state index in [2.05, 4.69) is 0 Å². The van der Waals surface area contributed by atoms with Crippen LogP contribution >= 0.6 is 0 Å². The molecule has 0 heterocycles. The van der Waals surface area contributed by atoms with E-state index >= 15 is 0 Å². The molecule has 1 aromatic rings. The molecule has 1 aromatic carbocycles. The van der Waals surface area contributed by atoms with Crippen LogP contribution in [-0.2, 0) is 30.4 Å². The Labute approximate surface area is 249 Å². The minimum atomic E-state index is -5.64. The largest absolute Gasteiger partial charge is 1.00 e. The summed E-state index contributed by atoms with van der Waals surface area (Å²) in [7, 11) is -16.5. The van der Waals surface area contributed by atoms with E-state index in [1.807, 2.05) is 0 Å². The monoisotopic (exact) mass is 432 g/mol. The molecule has 0 radical (unpaired) electrons. The third-order valence-electron chi connectivity index (χ3n) is 1.73. The average Bonchev–Trinajstić information content (AvgIpc) is 2.12. The van der Waals surface area contributed by atoms with Crippen molar-refractivity contribution in [2.24, 2.45) is 0 Å². The normalized spacial score (nSPS) is 11.6. The van der Waals surface area contributed by atoms with Crippen LogP contribution in [-0.4, -0.2) is 38.9 Å². The molecule has 0 aliphatic carbocycles. The Morgan fingerprint density at radius 3 is 1.10 bits per heavy atom. The zero-order valence-electron chi connectivity index (χ0n) is 11.1. The van der Waals surface area contributed by atoms with Crippen molar-refractivity contribution in [1.82, 2.24) is 0 Å². The van der Waals surface area contributed by atoms with Crippen molar-refractivity contribution in [3.8, 4) is 0 Å². The molecular weight excluding hydrogens is 430 g/mol. The summed E-state index contributed by atoms with van der Waals surface area (Å²) in [6, 6.07) is 1.49. The average molecular weight is 433 g/mol. The summed E-state index contributed by atoms with van der Waals surface area (Å²) < 4.78 is 96.8.